The summed E-state index contributed by atoms with van der Waals surface area (Å²) in [5.41, 5.74) is 3.69. The van der Waals surface area contributed by atoms with Gasteiger partial charge in [0.1, 0.15) is 11.4 Å². The van der Waals surface area contributed by atoms with Gasteiger partial charge in [0, 0.05) is 24.0 Å². The predicted molar refractivity (Wildman–Crippen MR) is 112 cm³/mol. The minimum absolute atomic E-state index is 0.149. The molecule has 2 aromatic heterocycles. The highest BCUT2D eigenvalue weighted by molar-refractivity contribution is 5.92. The zero-order chi connectivity index (χ0) is 21.0. The van der Waals surface area contributed by atoms with E-state index in [0.717, 1.165) is 23.6 Å². The summed E-state index contributed by atoms with van der Waals surface area (Å²) in [6, 6.07) is 9.57. The Balaban J connectivity index is 1.57. The van der Waals surface area contributed by atoms with Gasteiger partial charge in [-0.05, 0) is 50.5 Å². The third-order valence-corrected chi connectivity index (χ3v) is 5.04. The highest BCUT2D eigenvalue weighted by Crippen LogP contribution is 2.19. The van der Waals surface area contributed by atoms with Crippen LogP contribution in [0.3, 0.4) is 0 Å². The van der Waals surface area contributed by atoms with Crippen LogP contribution in [0.5, 0.6) is 5.75 Å². The van der Waals surface area contributed by atoms with E-state index < -0.39 is 0 Å². The average molecular weight is 396 g/mol. The predicted octanol–water partition coefficient (Wildman–Crippen LogP) is 4.06. The summed E-state index contributed by atoms with van der Waals surface area (Å²) < 4.78 is 9.28. The van der Waals surface area contributed by atoms with E-state index in [1.54, 1.807) is 23.1 Å². The zero-order valence-electron chi connectivity index (χ0n) is 17.7. The monoisotopic (exact) mass is 395 g/mol. The Labute approximate surface area is 171 Å². The van der Waals surface area contributed by atoms with E-state index in [9.17, 15) is 4.79 Å². The molecule has 0 aliphatic carbocycles. The van der Waals surface area contributed by atoms with Crippen LogP contribution in [-0.4, -0.2) is 25.5 Å². The molecule has 29 heavy (non-hydrogen) atoms. The molecule has 1 atom stereocenters. The van der Waals surface area contributed by atoms with Crippen molar-refractivity contribution in [2.45, 2.75) is 59.9 Å². The van der Waals surface area contributed by atoms with Gasteiger partial charge in [0.05, 0.1) is 12.2 Å². The number of carbonyl (C=O) groups is 1. The summed E-state index contributed by atoms with van der Waals surface area (Å²) in [6.45, 7) is 11.4. The van der Waals surface area contributed by atoms with E-state index in [1.807, 2.05) is 37.6 Å². The van der Waals surface area contributed by atoms with Gasteiger partial charge in [-0.15, -0.1) is 0 Å². The van der Waals surface area contributed by atoms with Gasteiger partial charge in [-0.25, -0.2) is 4.68 Å². The van der Waals surface area contributed by atoms with Gasteiger partial charge >= 0.3 is 0 Å². The molecule has 1 aromatic carbocycles. The van der Waals surface area contributed by atoms with Crippen LogP contribution < -0.4 is 10.1 Å². The number of benzene rings is 1. The van der Waals surface area contributed by atoms with Crippen LogP contribution in [0.15, 0.2) is 42.7 Å². The topological polar surface area (TPSA) is 74.0 Å². The number of carbonyl (C=O) groups excluding carboxylic acids is 1. The fourth-order valence-electron chi connectivity index (χ4n) is 3.20. The maximum atomic E-state index is 12.5. The number of hydrogen-bond donors (Lipinski definition) is 1. The van der Waals surface area contributed by atoms with Crippen LogP contribution in [0.4, 0.5) is 0 Å². The molecule has 1 amide bonds. The smallest absolute Gasteiger partial charge is 0.272 e. The van der Waals surface area contributed by atoms with Crippen molar-refractivity contribution in [1.82, 2.24) is 24.9 Å². The highest BCUT2D eigenvalue weighted by atomic mass is 16.5. The molecular formula is C22H29N5O2. The first kappa shape index (κ1) is 20.6. The Morgan fingerprint density at radius 2 is 1.90 bits per heavy atom. The molecule has 0 fully saturated rings. The number of hydrogen-bond acceptors (Lipinski definition) is 4. The van der Waals surface area contributed by atoms with E-state index in [-0.39, 0.29) is 18.7 Å². The third kappa shape index (κ3) is 4.85. The molecule has 154 valence electrons. The van der Waals surface area contributed by atoms with Crippen LogP contribution in [0, 0.1) is 6.92 Å². The molecule has 1 N–H and O–H groups in total. The molecule has 7 nitrogen and oxygen atoms in total. The lowest BCUT2D eigenvalue weighted by Gasteiger charge is -2.13. The maximum Gasteiger partial charge on any atom is 0.272 e. The fraction of sp³-hybridized carbons (Fsp3) is 0.409. The summed E-state index contributed by atoms with van der Waals surface area (Å²) in [7, 11) is 0. The Morgan fingerprint density at radius 3 is 2.52 bits per heavy atom. The number of aromatic nitrogens is 4. The quantitative estimate of drug-likeness (QED) is 0.624. The summed E-state index contributed by atoms with van der Waals surface area (Å²) in [5.74, 6) is 1.04. The first-order chi connectivity index (χ1) is 13.9. The standard InChI is InChI=1S/C22H29N5O2/c1-6-27-17(5)20(13-23-27)16(4)24-22(28)21-11-12-26(25-21)14-29-19-9-7-18(8-10-19)15(2)3/h7-13,15-16H,6,14H2,1-5H3,(H,24,28). The van der Waals surface area contributed by atoms with Crippen molar-refractivity contribution in [1.29, 1.82) is 0 Å². The second-order valence-corrected chi connectivity index (χ2v) is 7.43. The molecule has 0 radical (unpaired) electrons. The zero-order valence-corrected chi connectivity index (χ0v) is 17.7. The first-order valence-corrected chi connectivity index (χ1v) is 9.98. The average Bonchev–Trinajstić information content (AvgIpc) is 3.33. The fourth-order valence-corrected chi connectivity index (χ4v) is 3.20. The molecule has 2 heterocycles. The second-order valence-electron chi connectivity index (χ2n) is 7.43. The number of nitrogens with zero attached hydrogens (tertiary/aromatic N) is 4. The van der Waals surface area contributed by atoms with Crippen LogP contribution in [0.1, 0.15) is 67.0 Å². The van der Waals surface area contributed by atoms with E-state index in [0.29, 0.717) is 11.6 Å². The molecule has 0 bridgehead atoms. The molecule has 1 unspecified atom stereocenters. The van der Waals surface area contributed by atoms with Crippen LogP contribution in [0.25, 0.3) is 0 Å². The molecule has 0 spiro atoms. The van der Waals surface area contributed by atoms with E-state index in [2.05, 4.69) is 41.5 Å². The molecule has 7 heteroatoms. The van der Waals surface area contributed by atoms with E-state index >= 15 is 0 Å². The number of amides is 1. The van der Waals surface area contributed by atoms with Gasteiger partial charge < -0.3 is 10.1 Å². The van der Waals surface area contributed by atoms with Gasteiger partial charge in [-0.2, -0.15) is 10.2 Å². The van der Waals surface area contributed by atoms with Crippen molar-refractivity contribution < 1.29 is 9.53 Å². The van der Waals surface area contributed by atoms with Gasteiger partial charge in [0.25, 0.3) is 5.91 Å². The van der Waals surface area contributed by atoms with Gasteiger partial charge in [-0.1, -0.05) is 26.0 Å². The Kier molecular flexibility index (Phi) is 6.36. The molecule has 0 saturated heterocycles. The summed E-state index contributed by atoms with van der Waals surface area (Å²) in [5, 5.41) is 11.6. The van der Waals surface area contributed by atoms with Crippen molar-refractivity contribution in [3.05, 3.63) is 65.2 Å². The Bertz CT molecular complexity index is 956. The minimum Gasteiger partial charge on any atom is -0.471 e. The molecule has 3 rings (SSSR count). The van der Waals surface area contributed by atoms with Crippen molar-refractivity contribution in [2.24, 2.45) is 0 Å². The molecule has 0 aliphatic rings. The van der Waals surface area contributed by atoms with Gasteiger partial charge in [0.15, 0.2) is 6.73 Å². The minimum atomic E-state index is -0.221. The Morgan fingerprint density at radius 1 is 1.17 bits per heavy atom. The first-order valence-electron chi connectivity index (χ1n) is 9.98. The van der Waals surface area contributed by atoms with Crippen molar-refractivity contribution in [3.63, 3.8) is 0 Å². The number of rotatable bonds is 8. The van der Waals surface area contributed by atoms with Crippen LogP contribution >= 0.6 is 0 Å². The number of nitrogens with one attached hydrogen (secondary N) is 1. The second kappa shape index (κ2) is 8.94. The lowest BCUT2D eigenvalue weighted by Crippen LogP contribution is -2.27. The number of ether oxygens (including phenoxy) is 1. The summed E-state index contributed by atoms with van der Waals surface area (Å²) in [6.07, 6.45) is 3.54. The summed E-state index contributed by atoms with van der Waals surface area (Å²) >= 11 is 0. The van der Waals surface area contributed by atoms with Crippen LogP contribution in [0.2, 0.25) is 0 Å². The van der Waals surface area contributed by atoms with Crippen molar-refractivity contribution in [2.75, 3.05) is 0 Å². The van der Waals surface area contributed by atoms with E-state index in [1.165, 1.54) is 5.56 Å². The lowest BCUT2D eigenvalue weighted by atomic mass is 10.0. The largest absolute Gasteiger partial charge is 0.471 e. The molecule has 0 aliphatic heterocycles. The molecule has 0 saturated carbocycles. The van der Waals surface area contributed by atoms with Gasteiger partial charge in [-0.3, -0.25) is 9.48 Å². The number of aryl methyl sites for hydroxylation is 1. The lowest BCUT2D eigenvalue weighted by molar-refractivity contribution is 0.0932. The SMILES string of the molecule is CCn1ncc(C(C)NC(=O)c2ccn(COc3ccc(C(C)C)cc3)n2)c1C. The van der Waals surface area contributed by atoms with E-state index in [4.69, 9.17) is 4.74 Å². The summed E-state index contributed by atoms with van der Waals surface area (Å²) in [4.78, 5) is 12.5. The molecule has 3 aromatic rings. The molecular weight excluding hydrogens is 366 g/mol. The maximum absolute atomic E-state index is 12.5. The normalized spacial score (nSPS) is 12.2. The van der Waals surface area contributed by atoms with Crippen molar-refractivity contribution in [3.8, 4) is 5.75 Å². The Hall–Kier alpha value is -3.09. The van der Waals surface area contributed by atoms with Crippen LogP contribution in [-0.2, 0) is 13.3 Å². The van der Waals surface area contributed by atoms with Crippen molar-refractivity contribution >= 4 is 5.91 Å². The highest BCUT2D eigenvalue weighted by Gasteiger charge is 2.17. The third-order valence-electron chi connectivity index (χ3n) is 5.04. The van der Waals surface area contributed by atoms with Gasteiger partial charge in [0.2, 0.25) is 0 Å².